The molecular weight excluding hydrogens is 328 g/mol. The largest absolute Gasteiger partial charge is 0.490 e. The van der Waals surface area contributed by atoms with Crippen LogP contribution >= 0.6 is 0 Å². The number of carbonyl (C=O) groups excluding carboxylic acids is 1. The van der Waals surface area contributed by atoms with Crippen LogP contribution < -0.4 is 9.47 Å². The molecule has 0 aliphatic rings. The average Bonchev–Trinajstić information content (AvgIpc) is 2.98. The number of hydrogen-bond acceptors (Lipinski definition) is 6. The molecule has 0 unspecified atom stereocenters. The fourth-order valence-corrected chi connectivity index (χ4v) is 2.20. The number of hydrogen-bond donors (Lipinski definition) is 1. The summed E-state index contributed by atoms with van der Waals surface area (Å²) in [7, 11) is 1.65. The van der Waals surface area contributed by atoms with Crippen LogP contribution in [-0.4, -0.2) is 47.3 Å². The van der Waals surface area contributed by atoms with E-state index in [-0.39, 0.29) is 11.7 Å². The Bertz CT molecular complexity index is 755. The molecule has 0 fully saturated rings. The SMILES string of the molecule is CCOc1cc(C(=O)N(C)Cc2cc(C)on2)ccc1OCC(=O)O. The van der Waals surface area contributed by atoms with E-state index in [1.807, 2.05) is 0 Å². The van der Waals surface area contributed by atoms with Crippen LogP contribution in [-0.2, 0) is 11.3 Å². The fraction of sp³-hybridized carbons (Fsp3) is 0.353. The third kappa shape index (κ3) is 4.97. The number of nitrogens with zero attached hydrogens (tertiary/aromatic N) is 2. The van der Waals surface area contributed by atoms with Gasteiger partial charge in [0.1, 0.15) is 11.5 Å². The molecule has 0 saturated carbocycles. The molecule has 0 saturated heterocycles. The van der Waals surface area contributed by atoms with Crippen molar-refractivity contribution in [2.24, 2.45) is 0 Å². The summed E-state index contributed by atoms with van der Waals surface area (Å²) in [5.74, 6) is -0.0538. The molecule has 8 heteroatoms. The molecule has 25 heavy (non-hydrogen) atoms. The molecule has 0 aliphatic heterocycles. The molecule has 2 aromatic rings. The number of aliphatic carboxylic acids is 1. The van der Waals surface area contributed by atoms with E-state index in [1.165, 1.54) is 17.0 Å². The van der Waals surface area contributed by atoms with E-state index in [0.717, 1.165) is 0 Å². The molecule has 2 rings (SSSR count). The average molecular weight is 348 g/mol. The molecule has 1 heterocycles. The molecule has 1 N–H and O–H groups in total. The zero-order valence-electron chi connectivity index (χ0n) is 14.3. The van der Waals surface area contributed by atoms with Crippen LogP contribution in [0.1, 0.15) is 28.7 Å². The highest BCUT2D eigenvalue weighted by molar-refractivity contribution is 5.94. The summed E-state index contributed by atoms with van der Waals surface area (Å²) in [6.45, 7) is 3.74. The van der Waals surface area contributed by atoms with Crippen molar-refractivity contribution in [2.75, 3.05) is 20.3 Å². The first-order valence-corrected chi connectivity index (χ1v) is 7.69. The number of ether oxygens (including phenoxy) is 2. The molecule has 0 bridgehead atoms. The first kappa shape index (κ1) is 18.3. The smallest absolute Gasteiger partial charge is 0.341 e. The number of carboxylic acids is 1. The minimum absolute atomic E-state index is 0.230. The van der Waals surface area contributed by atoms with Crippen LogP contribution in [0.25, 0.3) is 0 Å². The monoisotopic (exact) mass is 348 g/mol. The number of aryl methyl sites for hydroxylation is 1. The quantitative estimate of drug-likeness (QED) is 0.779. The van der Waals surface area contributed by atoms with Crippen LogP contribution in [0.4, 0.5) is 0 Å². The lowest BCUT2D eigenvalue weighted by molar-refractivity contribution is -0.139. The topological polar surface area (TPSA) is 102 Å². The van der Waals surface area contributed by atoms with Crippen molar-refractivity contribution in [3.8, 4) is 11.5 Å². The number of aromatic nitrogens is 1. The van der Waals surface area contributed by atoms with Crippen LogP contribution in [0.3, 0.4) is 0 Å². The van der Waals surface area contributed by atoms with Gasteiger partial charge in [0.25, 0.3) is 5.91 Å². The number of carbonyl (C=O) groups is 2. The van der Waals surface area contributed by atoms with Gasteiger partial charge >= 0.3 is 5.97 Å². The Balaban J connectivity index is 2.15. The van der Waals surface area contributed by atoms with Crippen molar-refractivity contribution in [3.63, 3.8) is 0 Å². The van der Waals surface area contributed by atoms with E-state index >= 15 is 0 Å². The van der Waals surface area contributed by atoms with Crippen molar-refractivity contribution in [1.82, 2.24) is 10.1 Å². The second-order valence-electron chi connectivity index (χ2n) is 5.37. The van der Waals surface area contributed by atoms with E-state index in [1.54, 1.807) is 33.0 Å². The van der Waals surface area contributed by atoms with Gasteiger partial charge in [0, 0.05) is 18.7 Å². The summed E-state index contributed by atoms with van der Waals surface area (Å²) in [6.07, 6.45) is 0. The highest BCUT2D eigenvalue weighted by Crippen LogP contribution is 2.29. The summed E-state index contributed by atoms with van der Waals surface area (Å²) in [5, 5.41) is 12.6. The lowest BCUT2D eigenvalue weighted by atomic mass is 10.1. The van der Waals surface area contributed by atoms with Gasteiger partial charge < -0.3 is 24.0 Å². The van der Waals surface area contributed by atoms with Gasteiger partial charge in [-0.2, -0.15) is 0 Å². The van der Waals surface area contributed by atoms with Crippen LogP contribution in [0.2, 0.25) is 0 Å². The second kappa shape index (κ2) is 8.18. The molecule has 0 atom stereocenters. The fourth-order valence-electron chi connectivity index (χ4n) is 2.20. The summed E-state index contributed by atoms with van der Waals surface area (Å²) in [5.41, 5.74) is 1.05. The number of rotatable bonds is 8. The lowest BCUT2D eigenvalue weighted by Crippen LogP contribution is -2.26. The lowest BCUT2D eigenvalue weighted by Gasteiger charge is -2.17. The van der Waals surface area contributed by atoms with Gasteiger partial charge in [0.2, 0.25) is 0 Å². The van der Waals surface area contributed by atoms with Gasteiger partial charge in [-0.3, -0.25) is 4.79 Å². The summed E-state index contributed by atoms with van der Waals surface area (Å²) < 4.78 is 15.6. The first-order valence-electron chi connectivity index (χ1n) is 7.69. The zero-order chi connectivity index (χ0) is 18.4. The molecule has 134 valence electrons. The number of amides is 1. The van der Waals surface area contributed by atoms with Crippen LogP contribution in [0.15, 0.2) is 28.8 Å². The highest BCUT2D eigenvalue weighted by atomic mass is 16.5. The maximum atomic E-state index is 12.6. The molecule has 8 nitrogen and oxygen atoms in total. The van der Waals surface area contributed by atoms with Gasteiger partial charge in [-0.15, -0.1) is 0 Å². The maximum absolute atomic E-state index is 12.6. The summed E-state index contributed by atoms with van der Waals surface area (Å²) in [6, 6.07) is 6.38. The Kier molecular flexibility index (Phi) is 5.99. The molecular formula is C17H20N2O6. The van der Waals surface area contributed by atoms with Gasteiger partial charge in [-0.05, 0) is 32.0 Å². The highest BCUT2D eigenvalue weighted by Gasteiger charge is 2.17. The summed E-state index contributed by atoms with van der Waals surface area (Å²) in [4.78, 5) is 24.7. The van der Waals surface area contributed by atoms with Crippen molar-refractivity contribution < 1.29 is 28.7 Å². The van der Waals surface area contributed by atoms with Gasteiger partial charge in [-0.25, -0.2) is 4.79 Å². The Labute approximate surface area is 144 Å². The van der Waals surface area contributed by atoms with Gasteiger partial charge in [0.15, 0.2) is 18.1 Å². The normalized spacial score (nSPS) is 10.4. The number of benzene rings is 1. The molecule has 1 aromatic carbocycles. The van der Waals surface area contributed by atoms with Gasteiger partial charge in [0.05, 0.1) is 13.2 Å². The van der Waals surface area contributed by atoms with Crippen molar-refractivity contribution >= 4 is 11.9 Å². The van der Waals surface area contributed by atoms with Gasteiger partial charge in [-0.1, -0.05) is 5.16 Å². The Morgan fingerprint density at radius 2 is 2.00 bits per heavy atom. The third-order valence-corrected chi connectivity index (χ3v) is 3.26. The van der Waals surface area contributed by atoms with Crippen LogP contribution in [0.5, 0.6) is 11.5 Å². The molecule has 0 spiro atoms. The van der Waals surface area contributed by atoms with E-state index in [9.17, 15) is 9.59 Å². The predicted molar refractivity (Wildman–Crippen MR) is 87.8 cm³/mol. The van der Waals surface area contributed by atoms with E-state index in [2.05, 4.69) is 5.16 Å². The third-order valence-electron chi connectivity index (χ3n) is 3.26. The van der Waals surface area contributed by atoms with E-state index in [4.69, 9.17) is 19.1 Å². The number of carboxylic acid groups (broad SMARTS) is 1. The Morgan fingerprint density at radius 1 is 1.24 bits per heavy atom. The van der Waals surface area contributed by atoms with Crippen LogP contribution in [0, 0.1) is 6.92 Å². The van der Waals surface area contributed by atoms with E-state index < -0.39 is 12.6 Å². The predicted octanol–water partition coefficient (Wildman–Crippen LogP) is 2.12. The molecule has 1 amide bonds. The minimum atomic E-state index is -1.09. The molecule has 0 aliphatic carbocycles. The standard InChI is InChI=1S/C17H20N2O6/c1-4-23-15-8-12(5-6-14(15)24-10-16(20)21)17(22)19(3)9-13-7-11(2)25-18-13/h5-8H,4,9-10H2,1-3H3,(H,20,21). The minimum Gasteiger partial charge on any atom is -0.490 e. The van der Waals surface area contributed by atoms with Crippen molar-refractivity contribution in [2.45, 2.75) is 20.4 Å². The second-order valence-corrected chi connectivity index (χ2v) is 5.37. The maximum Gasteiger partial charge on any atom is 0.341 e. The van der Waals surface area contributed by atoms with Crippen molar-refractivity contribution in [1.29, 1.82) is 0 Å². The first-order chi connectivity index (χ1) is 11.9. The molecule has 1 aromatic heterocycles. The Hall–Kier alpha value is -3.03. The van der Waals surface area contributed by atoms with Crippen molar-refractivity contribution in [3.05, 3.63) is 41.3 Å². The zero-order valence-corrected chi connectivity index (χ0v) is 14.3. The molecule has 0 radical (unpaired) electrons. The Morgan fingerprint density at radius 3 is 2.60 bits per heavy atom. The summed E-state index contributed by atoms with van der Waals surface area (Å²) >= 11 is 0. The van der Waals surface area contributed by atoms with E-state index in [0.29, 0.717) is 35.9 Å².